The maximum atomic E-state index is 11.9. The summed E-state index contributed by atoms with van der Waals surface area (Å²) in [4.78, 5) is 13.9. The number of likely N-dealkylation sites (N-methyl/N-ethyl adjacent to an activating group) is 2. The average Bonchev–Trinajstić information content (AvgIpc) is 2.74. The summed E-state index contributed by atoms with van der Waals surface area (Å²) in [7, 11) is 1.98. The predicted octanol–water partition coefficient (Wildman–Crippen LogP) is 2.27. The van der Waals surface area contributed by atoms with Crippen molar-refractivity contribution in [3.05, 3.63) is 35.4 Å². The van der Waals surface area contributed by atoms with Crippen LogP contribution in [0.3, 0.4) is 0 Å². The normalized spacial score (nSPS) is 21.4. The highest BCUT2D eigenvalue weighted by Gasteiger charge is 2.35. The average molecular weight is 246 g/mol. The Labute approximate surface area is 109 Å². The van der Waals surface area contributed by atoms with Gasteiger partial charge in [-0.25, -0.2) is 0 Å². The van der Waals surface area contributed by atoms with E-state index in [4.69, 9.17) is 0 Å². The molecule has 1 fully saturated rings. The number of likely N-dealkylation sites (tertiary alicyclic amines) is 1. The van der Waals surface area contributed by atoms with Gasteiger partial charge in [0, 0.05) is 13.0 Å². The van der Waals surface area contributed by atoms with E-state index in [0.29, 0.717) is 6.42 Å². The van der Waals surface area contributed by atoms with Crippen LogP contribution in [-0.2, 0) is 4.79 Å². The Bertz CT molecular complexity index is 430. The summed E-state index contributed by atoms with van der Waals surface area (Å²) < 4.78 is 0. The van der Waals surface area contributed by atoms with Crippen LogP contribution < -0.4 is 5.32 Å². The van der Waals surface area contributed by atoms with Gasteiger partial charge in [-0.05, 0) is 38.4 Å². The van der Waals surface area contributed by atoms with E-state index in [0.717, 1.165) is 13.0 Å². The van der Waals surface area contributed by atoms with Gasteiger partial charge in [0.1, 0.15) is 0 Å². The molecule has 1 amide bonds. The Morgan fingerprint density at radius 1 is 1.44 bits per heavy atom. The molecule has 1 aliphatic heterocycles. The molecule has 1 saturated heterocycles. The van der Waals surface area contributed by atoms with Gasteiger partial charge in [-0.1, -0.05) is 24.3 Å². The summed E-state index contributed by atoms with van der Waals surface area (Å²) >= 11 is 0. The predicted molar refractivity (Wildman–Crippen MR) is 73.4 cm³/mol. The zero-order valence-corrected chi connectivity index (χ0v) is 11.4. The van der Waals surface area contributed by atoms with Crippen molar-refractivity contribution >= 4 is 5.91 Å². The Balaban J connectivity index is 2.29. The lowest BCUT2D eigenvalue weighted by Gasteiger charge is -2.32. The van der Waals surface area contributed by atoms with Gasteiger partial charge in [-0.3, -0.25) is 4.79 Å². The lowest BCUT2D eigenvalue weighted by Crippen LogP contribution is -2.41. The van der Waals surface area contributed by atoms with E-state index in [1.165, 1.54) is 11.1 Å². The highest BCUT2D eigenvalue weighted by Crippen LogP contribution is 2.31. The van der Waals surface area contributed by atoms with Crippen molar-refractivity contribution in [2.24, 2.45) is 0 Å². The highest BCUT2D eigenvalue weighted by atomic mass is 16.2. The molecule has 2 rings (SSSR count). The Kier molecular flexibility index (Phi) is 4.02. The fourth-order valence-electron chi connectivity index (χ4n) is 3.00. The second kappa shape index (κ2) is 5.53. The van der Waals surface area contributed by atoms with Crippen LogP contribution in [0.5, 0.6) is 0 Å². The Morgan fingerprint density at radius 2 is 2.17 bits per heavy atom. The van der Waals surface area contributed by atoms with Crippen molar-refractivity contribution in [3.63, 3.8) is 0 Å². The summed E-state index contributed by atoms with van der Waals surface area (Å²) in [6.45, 7) is 4.99. The van der Waals surface area contributed by atoms with Crippen LogP contribution in [0.1, 0.15) is 36.9 Å². The van der Waals surface area contributed by atoms with Crippen molar-refractivity contribution in [2.75, 3.05) is 13.6 Å². The van der Waals surface area contributed by atoms with E-state index >= 15 is 0 Å². The number of aryl methyl sites for hydroxylation is 1. The van der Waals surface area contributed by atoms with Crippen LogP contribution in [-0.4, -0.2) is 30.4 Å². The van der Waals surface area contributed by atoms with Gasteiger partial charge in [-0.15, -0.1) is 0 Å². The quantitative estimate of drug-likeness (QED) is 0.884. The summed E-state index contributed by atoms with van der Waals surface area (Å²) in [5.41, 5.74) is 2.59. The van der Waals surface area contributed by atoms with Crippen molar-refractivity contribution in [1.29, 1.82) is 0 Å². The number of hydrogen-bond donors (Lipinski definition) is 1. The molecular formula is C15H22N2O. The minimum Gasteiger partial charge on any atom is -0.338 e. The maximum absolute atomic E-state index is 11.9. The summed E-state index contributed by atoms with van der Waals surface area (Å²) in [5.74, 6) is 0.288. The van der Waals surface area contributed by atoms with Gasteiger partial charge in [0.15, 0.2) is 0 Å². The van der Waals surface area contributed by atoms with Crippen molar-refractivity contribution in [2.45, 2.75) is 38.8 Å². The minimum atomic E-state index is 0.234. The van der Waals surface area contributed by atoms with Crippen LogP contribution in [0.15, 0.2) is 24.3 Å². The summed E-state index contributed by atoms with van der Waals surface area (Å²) in [6.07, 6.45) is 1.63. The van der Waals surface area contributed by atoms with Crippen LogP contribution >= 0.6 is 0 Å². The molecule has 2 unspecified atom stereocenters. The van der Waals surface area contributed by atoms with Gasteiger partial charge in [0.2, 0.25) is 5.91 Å². The van der Waals surface area contributed by atoms with Gasteiger partial charge in [0.05, 0.1) is 12.1 Å². The zero-order chi connectivity index (χ0) is 13.1. The summed E-state index contributed by atoms with van der Waals surface area (Å²) in [5, 5.41) is 3.39. The van der Waals surface area contributed by atoms with E-state index in [1.54, 1.807) is 0 Å². The van der Waals surface area contributed by atoms with E-state index < -0.39 is 0 Å². The van der Waals surface area contributed by atoms with Crippen LogP contribution in [0.4, 0.5) is 0 Å². The van der Waals surface area contributed by atoms with E-state index in [-0.39, 0.29) is 18.0 Å². The molecular weight excluding hydrogens is 224 g/mol. The Hall–Kier alpha value is -1.35. The first-order valence-electron chi connectivity index (χ1n) is 6.71. The second-order valence-corrected chi connectivity index (χ2v) is 4.91. The van der Waals surface area contributed by atoms with Gasteiger partial charge in [0.25, 0.3) is 0 Å². The fraction of sp³-hybridized carbons (Fsp3) is 0.533. The van der Waals surface area contributed by atoms with E-state index in [1.807, 2.05) is 11.9 Å². The zero-order valence-electron chi connectivity index (χ0n) is 11.4. The van der Waals surface area contributed by atoms with Gasteiger partial charge < -0.3 is 10.2 Å². The van der Waals surface area contributed by atoms with Gasteiger partial charge in [-0.2, -0.15) is 0 Å². The SMILES string of the molecule is CCN1C(=O)CCC1C(NC)c1ccccc1C. The largest absolute Gasteiger partial charge is 0.338 e. The molecule has 3 nitrogen and oxygen atoms in total. The molecule has 0 saturated carbocycles. The number of nitrogens with one attached hydrogen (secondary N) is 1. The molecule has 3 heteroatoms. The number of hydrogen-bond acceptors (Lipinski definition) is 2. The van der Waals surface area contributed by atoms with Crippen molar-refractivity contribution < 1.29 is 4.79 Å². The topological polar surface area (TPSA) is 32.3 Å². The van der Waals surface area contributed by atoms with Crippen LogP contribution in [0.25, 0.3) is 0 Å². The molecule has 1 N–H and O–H groups in total. The number of amides is 1. The number of nitrogens with zero attached hydrogens (tertiary/aromatic N) is 1. The monoisotopic (exact) mass is 246 g/mol. The Morgan fingerprint density at radius 3 is 2.78 bits per heavy atom. The highest BCUT2D eigenvalue weighted by molar-refractivity contribution is 5.79. The van der Waals surface area contributed by atoms with Crippen molar-refractivity contribution in [1.82, 2.24) is 10.2 Å². The third kappa shape index (κ3) is 2.27. The smallest absolute Gasteiger partial charge is 0.222 e. The standard InChI is InChI=1S/C15H22N2O/c1-4-17-13(9-10-14(17)18)15(16-3)12-8-6-5-7-11(12)2/h5-8,13,15-16H,4,9-10H2,1-3H3. The first-order valence-corrected chi connectivity index (χ1v) is 6.71. The van der Waals surface area contributed by atoms with Crippen molar-refractivity contribution in [3.8, 4) is 0 Å². The lowest BCUT2D eigenvalue weighted by atomic mass is 9.94. The van der Waals surface area contributed by atoms with E-state index in [9.17, 15) is 4.79 Å². The maximum Gasteiger partial charge on any atom is 0.222 e. The molecule has 2 atom stereocenters. The lowest BCUT2D eigenvalue weighted by molar-refractivity contribution is -0.129. The third-order valence-corrected chi connectivity index (χ3v) is 3.93. The number of carbonyl (C=O) groups excluding carboxylic acids is 1. The molecule has 1 aromatic carbocycles. The summed E-state index contributed by atoms with van der Waals surface area (Å²) in [6, 6.07) is 8.94. The molecule has 18 heavy (non-hydrogen) atoms. The fourth-order valence-corrected chi connectivity index (χ4v) is 3.00. The second-order valence-electron chi connectivity index (χ2n) is 4.91. The molecule has 1 aromatic rings. The molecule has 1 aliphatic rings. The first-order chi connectivity index (χ1) is 8.69. The number of rotatable bonds is 4. The number of benzene rings is 1. The molecule has 0 aliphatic carbocycles. The number of carbonyl (C=O) groups is 1. The third-order valence-electron chi connectivity index (χ3n) is 3.93. The van der Waals surface area contributed by atoms with Crippen LogP contribution in [0, 0.1) is 6.92 Å². The molecule has 0 aromatic heterocycles. The molecule has 98 valence electrons. The molecule has 0 radical (unpaired) electrons. The first kappa shape index (κ1) is 13.1. The van der Waals surface area contributed by atoms with E-state index in [2.05, 4.69) is 43.4 Å². The minimum absolute atomic E-state index is 0.234. The molecule has 0 bridgehead atoms. The van der Waals surface area contributed by atoms with Gasteiger partial charge >= 0.3 is 0 Å². The molecule has 0 spiro atoms. The van der Waals surface area contributed by atoms with Crippen LogP contribution in [0.2, 0.25) is 0 Å². The molecule has 1 heterocycles.